The average Bonchev–Trinajstić information content (AvgIpc) is 2.54. The molecule has 1 N–H and O–H groups in total. The van der Waals surface area contributed by atoms with Crippen molar-refractivity contribution in [2.75, 3.05) is 18.1 Å². The van der Waals surface area contributed by atoms with Crippen LogP contribution in [-0.2, 0) is 26.8 Å². The number of hydrogen-bond acceptors (Lipinski definition) is 4. The predicted molar refractivity (Wildman–Crippen MR) is 103 cm³/mol. The molecular formula is C19H25N3O3S. The van der Waals surface area contributed by atoms with Crippen LogP contribution in [0.1, 0.15) is 31.9 Å². The Morgan fingerprint density at radius 1 is 1.12 bits per heavy atom. The van der Waals surface area contributed by atoms with Crippen molar-refractivity contribution >= 4 is 21.6 Å². The molecule has 6 nitrogen and oxygen atoms in total. The number of carbonyl (C=O) groups excluding carboxylic acids is 1. The standard InChI is InChI=1S/C19H25N3O3S/c1-19(2,3)16-7-5-6-8-17(16)21-18(23)14-22(26(4,24)25)13-15-9-11-20-12-10-15/h5-12H,13-14H2,1-4H3,(H,21,23). The summed E-state index contributed by atoms with van der Waals surface area (Å²) in [6, 6.07) is 11.0. The highest BCUT2D eigenvalue weighted by Gasteiger charge is 2.23. The summed E-state index contributed by atoms with van der Waals surface area (Å²) in [4.78, 5) is 16.4. The van der Waals surface area contributed by atoms with Crippen LogP contribution in [0.15, 0.2) is 48.8 Å². The van der Waals surface area contributed by atoms with E-state index in [1.165, 1.54) is 0 Å². The molecule has 0 aliphatic carbocycles. The minimum Gasteiger partial charge on any atom is -0.325 e. The molecule has 0 radical (unpaired) electrons. The number of benzene rings is 1. The van der Waals surface area contributed by atoms with Gasteiger partial charge in [-0.25, -0.2) is 8.42 Å². The summed E-state index contributed by atoms with van der Waals surface area (Å²) in [5.74, 6) is -0.374. The first-order chi connectivity index (χ1) is 12.1. The lowest BCUT2D eigenvalue weighted by Crippen LogP contribution is -2.37. The van der Waals surface area contributed by atoms with Gasteiger partial charge in [0.25, 0.3) is 0 Å². The number of carbonyl (C=O) groups is 1. The van der Waals surface area contributed by atoms with Gasteiger partial charge in [0.05, 0.1) is 12.8 Å². The number of rotatable bonds is 6. The van der Waals surface area contributed by atoms with E-state index in [1.54, 1.807) is 24.5 Å². The van der Waals surface area contributed by atoms with Crippen LogP contribution in [0, 0.1) is 0 Å². The van der Waals surface area contributed by atoms with Crippen LogP contribution in [0.5, 0.6) is 0 Å². The van der Waals surface area contributed by atoms with Crippen molar-refractivity contribution in [1.82, 2.24) is 9.29 Å². The van der Waals surface area contributed by atoms with Gasteiger partial charge in [0.15, 0.2) is 0 Å². The smallest absolute Gasteiger partial charge is 0.239 e. The van der Waals surface area contributed by atoms with Gasteiger partial charge in [0.2, 0.25) is 15.9 Å². The molecule has 0 saturated carbocycles. The maximum absolute atomic E-state index is 12.5. The second kappa shape index (κ2) is 7.97. The van der Waals surface area contributed by atoms with Crippen molar-refractivity contribution in [2.24, 2.45) is 0 Å². The number of amides is 1. The van der Waals surface area contributed by atoms with Crippen molar-refractivity contribution < 1.29 is 13.2 Å². The Kier molecular flexibility index (Phi) is 6.15. The zero-order valence-electron chi connectivity index (χ0n) is 15.6. The Hall–Kier alpha value is -2.25. The number of nitrogens with zero attached hydrogens (tertiary/aromatic N) is 2. The third-order valence-electron chi connectivity index (χ3n) is 3.91. The molecule has 0 fully saturated rings. The van der Waals surface area contributed by atoms with E-state index in [9.17, 15) is 13.2 Å². The van der Waals surface area contributed by atoms with Crippen molar-refractivity contribution in [3.63, 3.8) is 0 Å². The molecule has 140 valence electrons. The Labute approximate surface area is 155 Å². The molecule has 0 aliphatic heterocycles. The van der Waals surface area contributed by atoms with Crippen LogP contribution >= 0.6 is 0 Å². The molecule has 0 bridgehead atoms. The first-order valence-electron chi connectivity index (χ1n) is 8.31. The molecule has 26 heavy (non-hydrogen) atoms. The SMILES string of the molecule is CC(C)(C)c1ccccc1NC(=O)CN(Cc1ccncc1)S(C)(=O)=O. The van der Waals surface area contributed by atoms with E-state index in [1.807, 2.05) is 24.3 Å². The monoisotopic (exact) mass is 375 g/mol. The van der Waals surface area contributed by atoms with Crippen molar-refractivity contribution in [3.05, 3.63) is 59.9 Å². The number of hydrogen-bond donors (Lipinski definition) is 1. The molecule has 7 heteroatoms. The van der Waals surface area contributed by atoms with E-state index in [0.29, 0.717) is 5.69 Å². The minimum absolute atomic E-state index is 0.121. The van der Waals surface area contributed by atoms with Crippen molar-refractivity contribution in [2.45, 2.75) is 32.7 Å². The summed E-state index contributed by atoms with van der Waals surface area (Å²) in [6.07, 6.45) is 4.29. The highest BCUT2D eigenvalue weighted by Crippen LogP contribution is 2.29. The molecule has 1 heterocycles. The number of sulfonamides is 1. The summed E-state index contributed by atoms with van der Waals surface area (Å²) >= 11 is 0. The third kappa shape index (κ3) is 5.64. The fraction of sp³-hybridized carbons (Fsp3) is 0.368. The Morgan fingerprint density at radius 2 is 1.73 bits per heavy atom. The van der Waals surface area contributed by atoms with Gasteiger partial charge in [0, 0.05) is 24.6 Å². The zero-order valence-corrected chi connectivity index (χ0v) is 16.4. The van der Waals surface area contributed by atoms with E-state index < -0.39 is 10.0 Å². The van der Waals surface area contributed by atoms with Gasteiger partial charge in [-0.05, 0) is 34.7 Å². The molecule has 0 saturated heterocycles. The number of aromatic nitrogens is 1. The van der Waals surface area contributed by atoms with Crippen LogP contribution in [0.25, 0.3) is 0 Å². The zero-order chi connectivity index (χ0) is 19.4. The van der Waals surface area contributed by atoms with Crippen LogP contribution in [0.2, 0.25) is 0 Å². The first-order valence-corrected chi connectivity index (χ1v) is 10.2. The van der Waals surface area contributed by atoms with Gasteiger partial charge < -0.3 is 5.32 Å². The number of nitrogens with one attached hydrogen (secondary N) is 1. The van der Waals surface area contributed by atoms with E-state index in [2.05, 4.69) is 31.1 Å². The van der Waals surface area contributed by atoms with Gasteiger partial charge in [-0.1, -0.05) is 39.0 Å². The lowest BCUT2D eigenvalue weighted by molar-refractivity contribution is -0.116. The topological polar surface area (TPSA) is 79.4 Å². The first kappa shape index (κ1) is 20.1. The second-order valence-corrected chi connectivity index (χ2v) is 9.21. The molecule has 2 rings (SSSR count). The van der Waals surface area contributed by atoms with Gasteiger partial charge in [-0.2, -0.15) is 4.31 Å². The Balaban J connectivity index is 2.16. The second-order valence-electron chi connectivity index (χ2n) is 7.23. The normalized spacial score (nSPS) is 12.2. The number of anilines is 1. The van der Waals surface area contributed by atoms with Crippen LogP contribution < -0.4 is 5.32 Å². The molecule has 1 aromatic carbocycles. The lowest BCUT2D eigenvalue weighted by Gasteiger charge is -2.24. The largest absolute Gasteiger partial charge is 0.325 e. The molecule has 2 aromatic rings. The van der Waals surface area contributed by atoms with E-state index in [-0.39, 0.29) is 24.4 Å². The minimum atomic E-state index is -3.54. The molecule has 0 spiro atoms. The maximum atomic E-state index is 12.5. The Morgan fingerprint density at radius 3 is 2.31 bits per heavy atom. The predicted octanol–water partition coefficient (Wildman–Crippen LogP) is 2.78. The van der Waals surface area contributed by atoms with E-state index in [4.69, 9.17) is 0 Å². The summed E-state index contributed by atoms with van der Waals surface area (Å²) < 4.78 is 25.3. The fourth-order valence-electron chi connectivity index (χ4n) is 2.58. The van der Waals surface area contributed by atoms with Gasteiger partial charge in [-0.3, -0.25) is 9.78 Å². The molecule has 1 aromatic heterocycles. The summed E-state index contributed by atoms with van der Waals surface area (Å²) in [6.45, 7) is 6.05. The Bertz CT molecular complexity index is 859. The van der Waals surface area contributed by atoms with Gasteiger partial charge >= 0.3 is 0 Å². The fourth-order valence-corrected chi connectivity index (χ4v) is 3.31. The number of pyridine rings is 1. The van der Waals surface area contributed by atoms with Crippen molar-refractivity contribution in [3.8, 4) is 0 Å². The van der Waals surface area contributed by atoms with E-state index in [0.717, 1.165) is 21.7 Å². The van der Waals surface area contributed by atoms with Gasteiger partial charge in [0.1, 0.15) is 0 Å². The van der Waals surface area contributed by atoms with E-state index >= 15 is 0 Å². The third-order valence-corrected chi connectivity index (χ3v) is 5.10. The molecular weight excluding hydrogens is 350 g/mol. The van der Waals surface area contributed by atoms with Crippen LogP contribution in [-0.4, -0.2) is 36.4 Å². The van der Waals surface area contributed by atoms with Crippen molar-refractivity contribution in [1.29, 1.82) is 0 Å². The summed E-state index contributed by atoms with van der Waals surface area (Å²) in [7, 11) is -3.54. The van der Waals surface area contributed by atoms with Crippen LogP contribution in [0.4, 0.5) is 5.69 Å². The molecule has 0 aliphatic rings. The van der Waals surface area contributed by atoms with Gasteiger partial charge in [-0.15, -0.1) is 0 Å². The van der Waals surface area contributed by atoms with Crippen LogP contribution in [0.3, 0.4) is 0 Å². The number of para-hydroxylation sites is 1. The summed E-state index contributed by atoms with van der Waals surface area (Å²) in [5.41, 5.74) is 2.32. The highest BCUT2D eigenvalue weighted by atomic mass is 32.2. The quantitative estimate of drug-likeness (QED) is 0.842. The maximum Gasteiger partial charge on any atom is 0.239 e. The lowest BCUT2D eigenvalue weighted by atomic mass is 9.86. The average molecular weight is 375 g/mol. The molecule has 1 amide bonds. The summed E-state index contributed by atoms with van der Waals surface area (Å²) in [5, 5.41) is 2.85. The highest BCUT2D eigenvalue weighted by molar-refractivity contribution is 7.88. The molecule has 0 unspecified atom stereocenters. The molecule has 0 atom stereocenters.